The van der Waals surface area contributed by atoms with E-state index in [-0.39, 0.29) is 5.91 Å². The first-order valence-electron chi connectivity index (χ1n) is 11.2. The first-order chi connectivity index (χ1) is 15.8. The molecular weight excluding hydrogens is 414 g/mol. The molecule has 33 heavy (non-hydrogen) atoms. The van der Waals surface area contributed by atoms with Crippen LogP contribution in [0, 0.1) is 19.8 Å². The molecule has 174 valence electrons. The van der Waals surface area contributed by atoms with E-state index in [0.717, 1.165) is 22.7 Å². The normalized spacial score (nSPS) is 11.7. The predicted octanol–water partition coefficient (Wildman–Crippen LogP) is 5.18. The van der Waals surface area contributed by atoms with Gasteiger partial charge in [0.2, 0.25) is 11.9 Å². The van der Waals surface area contributed by atoms with Gasteiger partial charge in [0.15, 0.2) is 0 Å². The fraction of sp³-hybridized carbons (Fsp3) is 0.346. The van der Waals surface area contributed by atoms with Crippen molar-refractivity contribution in [3.63, 3.8) is 0 Å². The number of anilines is 3. The lowest BCUT2D eigenvalue weighted by Crippen LogP contribution is -2.36. The first-order valence-corrected chi connectivity index (χ1v) is 11.2. The van der Waals surface area contributed by atoms with Crippen LogP contribution in [0.1, 0.15) is 37.1 Å². The van der Waals surface area contributed by atoms with E-state index < -0.39 is 6.04 Å². The number of methoxy groups -OCH3 is 1. The third-order valence-corrected chi connectivity index (χ3v) is 5.09. The summed E-state index contributed by atoms with van der Waals surface area (Å²) in [5.41, 5.74) is 3.90. The molecule has 0 bridgehead atoms. The van der Waals surface area contributed by atoms with Crippen LogP contribution in [0.2, 0.25) is 0 Å². The number of ether oxygens (including phenoxy) is 1. The van der Waals surface area contributed by atoms with Crippen molar-refractivity contribution >= 4 is 23.4 Å². The Labute approximate surface area is 196 Å². The van der Waals surface area contributed by atoms with Gasteiger partial charge in [0.25, 0.3) is 0 Å². The minimum atomic E-state index is -0.439. The summed E-state index contributed by atoms with van der Waals surface area (Å²) >= 11 is 0. The molecule has 0 fully saturated rings. The van der Waals surface area contributed by atoms with Crippen molar-refractivity contribution in [3.05, 3.63) is 71.4 Å². The van der Waals surface area contributed by atoms with Crippen molar-refractivity contribution in [1.82, 2.24) is 9.97 Å². The second-order valence-electron chi connectivity index (χ2n) is 8.61. The van der Waals surface area contributed by atoms with Gasteiger partial charge in [-0.3, -0.25) is 4.79 Å². The molecule has 7 heteroatoms. The second kappa shape index (κ2) is 11.3. The van der Waals surface area contributed by atoms with Crippen molar-refractivity contribution in [1.29, 1.82) is 0 Å². The first kappa shape index (κ1) is 24.0. The van der Waals surface area contributed by atoms with Gasteiger partial charge >= 0.3 is 0 Å². The number of aromatic nitrogens is 2. The lowest BCUT2D eigenvalue weighted by atomic mass is 10.0. The number of benzene rings is 2. The zero-order chi connectivity index (χ0) is 23.8. The Morgan fingerprint density at radius 3 is 2.45 bits per heavy atom. The Morgan fingerprint density at radius 2 is 1.79 bits per heavy atom. The standard InChI is InChI=1S/C26H33N5O2/c1-17(2)13-23(25(32)29-21-9-11-22(33-5)12-10-21)30-24-15-19(4)28-26(31-24)27-16-20-8-6-7-18(3)14-20/h6-12,14-15,17,23H,13,16H2,1-5H3,(H,29,32)(H2,27,28,30,31)/t23-/m0/s1. The molecule has 0 aliphatic heterocycles. The Kier molecular flexibility index (Phi) is 8.24. The molecule has 2 aromatic carbocycles. The number of aryl methyl sites for hydroxylation is 2. The summed E-state index contributed by atoms with van der Waals surface area (Å²) in [5.74, 6) is 2.10. The molecule has 3 aromatic rings. The summed E-state index contributed by atoms with van der Waals surface area (Å²) in [6.07, 6.45) is 0.664. The summed E-state index contributed by atoms with van der Waals surface area (Å²) in [7, 11) is 1.61. The quantitative estimate of drug-likeness (QED) is 0.397. The van der Waals surface area contributed by atoms with Crippen LogP contribution >= 0.6 is 0 Å². The highest BCUT2D eigenvalue weighted by Gasteiger charge is 2.21. The zero-order valence-electron chi connectivity index (χ0n) is 20.0. The maximum Gasteiger partial charge on any atom is 0.246 e. The van der Waals surface area contributed by atoms with Gasteiger partial charge in [0, 0.05) is 24.0 Å². The zero-order valence-corrected chi connectivity index (χ0v) is 20.0. The summed E-state index contributed by atoms with van der Waals surface area (Å²) < 4.78 is 5.18. The van der Waals surface area contributed by atoms with Crippen LogP contribution in [0.25, 0.3) is 0 Å². The van der Waals surface area contributed by atoms with Crippen molar-refractivity contribution in [2.75, 3.05) is 23.1 Å². The topological polar surface area (TPSA) is 88.2 Å². The summed E-state index contributed by atoms with van der Waals surface area (Å²) in [4.78, 5) is 22.1. The fourth-order valence-corrected chi connectivity index (χ4v) is 3.51. The number of carbonyl (C=O) groups is 1. The SMILES string of the molecule is COc1ccc(NC(=O)[C@H](CC(C)C)Nc2cc(C)nc(NCc3cccc(C)c3)n2)cc1. The van der Waals surface area contributed by atoms with Crippen LogP contribution in [0.3, 0.4) is 0 Å². The molecule has 3 rings (SSSR count). The van der Waals surface area contributed by atoms with E-state index in [4.69, 9.17) is 4.74 Å². The maximum atomic E-state index is 13.1. The van der Waals surface area contributed by atoms with E-state index in [0.29, 0.717) is 30.6 Å². The van der Waals surface area contributed by atoms with E-state index in [9.17, 15) is 4.79 Å². The van der Waals surface area contributed by atoms with Gasteiger partial charge in [0.05, 0.1) is 7.11 Å². The molecule has 0 saturated carbocycles. The van der Waals surface area contributed by atoms with E-state index in [2.05, 4.69) is 64.9 Å². The third-order valence-electron chi connectivity index (χ3n) is 5.09. The lowest BCUT2D eigenvalue weighted by Gasteiger charge is -2.21. The molecule has 7 nitrogen and oxygen atoms in total. The Morgan fingerprint density at radius 1 is 1.03 bits per heavy atom. The Bertz CT molecular complexity index is 1070. The number of carbonyl (C=O) groups excluding carboxylic acids is 1. The van der Waals surface area contributed by atoms with Crippen molar-refractivity contribution < 1.29 is 9.53 Å². The highest BCUT2D eigenvalue weighted by atomic mass is 16.5. The summed E-state index contributed by atoms with van der Waals surface area (Å²) in [6.45, 7) is 8.79. The van der Waals surface area contributed by atoms with Crippen molar-refractivity contribution in [2.45, 2.75) is 46.7 Å². The van der Waals surface area contributed by atoms with Gasteiger partial charge in [-0.25, -0.2) is 4.98 Å². The van der Waals surface area contributed by atoms with Gasteiger partial charge < -0.3 is 20.7 Å². The van der Waals surface area contributed by atoms with E-state index in [1.54, 1.807) is 7.11 Å². The van der Waals surface area contributed by atoms with Crippen molar-refractivity contribution in [2.24, 2.45) is 5.92 Å². The second-order valence-corrected chi connectivity index (χ2v) is 8.61. The van der Waals surface area contributed by atoms with Gasteiger partial charge in [0.1, 0.15) is 17.6 Å². The number of hydrogen-bond donors (Lipinski definition) is 3. The highest BCUT2D eigenvalue weighted by molar-refractivity contribution is 5.96. The highest BCUT2D eigenvalue weighted by Crippen LogP contribution is 2.19. The van der Waals surface area contributed by atoms with Crippen LogP contribution in [0.4, 0.5) is 17.5 Å². The molecule has 1 atom stereocenters. The number of rotatable bonds is 10. The molecule has 0 spiro atoms. The maximum absolute atomic E-state index is 13.1. The molecule has 0 radical (unpaired) electrons. The average molecular weight is 448 g/mol. The molecule has 0 aliphatic rings. The summed E-state index contributed by atoms with van der Waals surface area (Å²) in [6, 6.07) is 17.0. The van der Waals surface area contributed by atoms with Crippen LogP contribution in [0.5, 0.6) is 5.75 Å². The van der Waals surface area contributed by atoms with Gasteiger partial charge in [-0.2, -0.15) is 4.98 Å². The van der Waals surface area contributed by atoms with Crippen LogP contribution < -0.4 is 20.7 Å². The lowest BCUT2D eigenvalue weighted by molar-refractivity contribution is -0.117. The number of amides is 1. The van der Waals surface area contributed by atoms with E-state index in [1.807, 2.05) is 43.3 Å². The molecule has 1 aromatic heterocycles. The van der Waals surface area contributed by atoms with E-state index in [1.165, 1.54) is 5.56 Å². The molecule has 1 heterocycles. The fourth-order valence-electron chi connectivity index (χ4n) is 3.51. The van der Waals surface area contributed by atoms with Gasteiger partial charge in [-0.1, -0.05) is 43.7 Å². The van der Waals surface area contributed by atoms with Crippen LogP contribution in [-0.2, 0) is 11.3 Å². The minimum absolute atomic E-state index is 0.112. The van der Waals surface area contributed by atoms with Crippen LogP contribution in [-0.4, -0.2) is 29.0 Å². The number of hydrogen-bond acceptors (Lipinski definition) is 6. The van der Waals surface area contributed by atoms with E-state index >= 15 is 0 Å². The third kappa shape index (κ3) is 7.49. The Balaban J connectivity index is 1.71. The monoisotopic (exact) mass is 447 g/mol. The van der Waals surface area contributed by atoms with Gasteiger partial charge in [-0.15, -0.1) is 0 Å². The number of nitrogens with zero attached hydrogens (tertiary/aromatic N) is 2. The molecular formula is C26H33N5O2. The molecule has 3 N–H and O–H groups in total. The number of nitrogens with one attached hydrogen (secondary N) is 3. The minimum Gasteiger partial charge on any atom is -0.497 e. The largest absolute Gasteiger partial charge is 0.497 e. The molecule has 0 aliphatic carbocycles. The van der Waals surface area contributed by atoms with Gasteiger partial charge in [-0.05, 0) is 56.0 Å². The Hall–Kier alpha value is -3.61. The summed E-state index contributed by atoms with van der Waals surface area (Å²) in [5, 5.41) is 9.59. The van der Waals surface area contributed by atoms with Crippen molar-refractivity contribution in [3.8, 4) is 5.75 Å². The smallest absolute Gasteiger partial charge is 0.246 e. The average Bonchev–Trinajstić information content (AvgIpc) is 2.77. The molecule has 1 amide bonds. The van der Waals surface area contributed by atoms with Crippen LogP contribution in [0.15, 0.2) is 54.6 Å². The molecule has 0 unspecified atom stereocenters. The predicted molar refractivity (Wildman–Crippen MR) is 134 cm³/mol. The molecule has 0 saturated heterocycles.